The van der Waals surface area contributed by atoms with Gasteiger partial charge in [0.2, 0.25) is 0 Å². The van der Waals surface area contributed by atoms with Crippen LogP contribution >= 0.6 is 11.3 Å². The molecule has 0 radical (unpaired) electrons. The summed E-state index contributed by atoms with van der Waals surface area (Å²) >= 11 is 1.59. The molecule has 1 aliphatic carbocycles. The van der Waals surface area contributed by atoms with E-state index in [1.165, 1.54) is 0 Å². The van der Waals surface area contributed by atoms with Crippen molar-refractivity contribution in [3.05, 3.63) is 17.6 Å². The van der Waals surface area contributed by atoms with E-state index >= 15 is 0 Å². The maximum Gasteiger partial charge on any atom is 0.106 e. The predicted octanol–water partition coefficient (Wildman–Crippen LogP) is 1.81. The minimum atomic E-state index is -0.151. The first-order valence-electron chi connectivity index (χ1n) is 5.30. The number of rotatable bonds is 2. The minimum absolute atomic E-state index is 0.151. The van der Waals surface area contributed by atoms with Gasteiger partial charge in [0.05, 0.1) is 27.7 Å². The first-order chi connectivity index (χ1) is 7.74. The number of hydrogen-bond acceptors (Lipinski definition) is 5. The number of anilines is 2. The SMILES string of the molecule is Nc1c(NC2CC(O)C2)ccc2scnc12. The second kappa shape index (κ2) is 3.61. The molecule has 0 spiro atoms. The third-order valence-electron chi connectivity index (χ3n) is 3.01. The number of aliphatic hydroxyl groups excluding tert-OH is 1. The van der Waals surface area contributed by atoms with Gasteiger partial charge in [0, 0.05) is 6.04 Å². The van der Waals surface area contributed by atoms with Gasteiger partial charge in [0.1, 0.15) is 5.52 Å². The Morgan fingerprint density at radius 3 is 3.00 bits per heavy atom. The van der Waals surface area contributed by atoms with Crippen LogP contribution in [0.3, 0.4) is 0 Å². The highest BCUT2D eigenvalue weighted by Gasteiger charge is 2.27. The van der Waals surface area contributed by atoms with Crippen molar-refractivity contribution in [2.24, 2.45) is 0 Å². The van der Waals surface area contributed by atoms with E-state index in [1.807, 2.05) is 12.1 Å². The Kier molecular flexibility index (Phi) is 2.22. The summed E-state index contributed by atoms with van der Waals surface area (Å²) in [7, 11) is 0. The van der Waals surface area contributed by atoms with Crippen LogP contribution in [0, 0.1) is 0 Å². The summed E-state index contributed by atoms with van der Waals surface area (Å²) in [6.07, 6.45) is 1.45. The van der Waals surface area contributed by atoms with Gasteiger partial charge in [-0.05, 0) is 25.0 Å². The first-order valence-corrected chi connectivity index (χ1v) is 6.18. The molecule has 5 heteroatoms. The summed E-state index contributed by atoms with van der Waals surface area (Å²) in [5, 5.41) is 12.6. The van der Waals surface area contributed by atoms with E-state index in [9.17, 15) is 5.11 Å². The Hall–Kier alpha value is -1.33. The molecule has 2 aromatic rings. The highest BCUT2D eigenvalue weighted by Crippen LogP contribution is 2.32. The van der Waals surface area contributed by atoms with Gasteiger partial charge in [-0.25, -0.2) is 4.98 Å². The number of nitrogen functional groups attached to an aromatic ring is 1. The molecule has 1 heterocycles. The second-order valence-electron chi connectivity index (χ2n) is 4.19. The monoisotopic (exact) mass is 235 g/mol. The number of benzene rings is 1. The number of fused-ring (bicyclic) bond motifs is 1. The zero-order valence-corrected chi connectivity index (χ0v) is 9.50. The van der Waals surface area contributed by atoms with E-state index in [0.29, 0.717) is 11.7 Å². The van der Waals surface area contributed by atoms with Crippen LogP contribution in [0.1, 0.15) is 12.8 Å². The predicted molar refractivity (Wildman–Crippen MR) is 66.7 cm³/mol. The topological polar surface area (TPSA) is 71.2 Å². The number of nitrogens with two attached hydrogens (primary N) is 1. The lowest BCUT2D eigenvalue weighted by molar-refractivity contribution is 0.0837. The quantitative estimate of drug-likeness (QED) is 0.694. The normalized spacial score (nSPS) is 24.3. The lowest BCUT2D eigenvalue weighted by Crippen LogP contribution is -2.39. The van der Waals surface area contributed by atoms with Gasteiger partial charge in [-0.3, -0.25) is 0 Å². The van der Waals surface area contributed by atoms with E-state index in [4.69, 9.17) is 5.73 Å². The van der Waals surface area contributed by atoms with Crippen molar-refractivity contribution >= 4 is 32.9 Å². The molecule has 1 aromatic heterocycles. The number of hydrogen-bond donors (Lipinski definition) is 3. The number of nitrogens with zero attached hydrogens (tertiary/aromatic N) is 1. The van der Waals surface area contributed by atoms with Crippen LogP contribution in [0.25, 0.3) is 10.2 Å². The molecule has 1 aromatic carbocycles. The van der Waals surface area contributed by atoms with Gasteiger partial charge < -0.3 is 16.2 Å². The summed E-state index contributed by atoms with van der Waals surface area (Å²) in [5.41, 5.74) is 10.4. The van der Waals surface area contributed by atoms with E-state index in [0.717, 1.165) is 28.7 Å². The summed E-state index contributed by atoms with van der Waals surface area (Å²) in [6, 6.07) is 4.36. The van der Waals surface area contributed by atoms with Gasteiger partial charge in [-0.2, -0.15) is 0 Å². The number of nitrogens with one attached hydrogen (secondary N) is 1. The van der Waals surface area contributed by atoms with Gasteiger partial charge in [0.25, 0.3) is 0 Å². The molecule has 0 amide bonds. The van der Waals surface area contributed by atoms with Crippen molar-refractivity contribution in [3.8, 4) is 0 Å². The third kappa shape index (κ3) is 1.52. The largest absolute Gasteiger partial charge is 0.395 e. The molecule has 1 aliphatic rings. The van der Waals surface area contributed by atoms with Crippen molar-refractivity contribution in [2.75, 3.05) is 11.1 Å². The van der Waals surface area contributed by atoms with Crippen molar-refractivity contribution in [3.63, 3.8) is 0 Å². The molecule has 4 nitrogen and oxygen atoms in total. The molecular weight excluding hydrogens is 222 g/mol. The van der Waals surface area contributed by atoms with Crippen LogP contribution in [-0.2, 0) is 0 Å². The molecule has 16 heavy (non-hydrogen) atoms. The molecule has 84 valence electrons. The zero-order valence-electron chi connectivity index (χ0n) is 8.68. The Labute approximate surface area is 97.1 Å². The van der Waals surface area contributed by atoms with E-state index < -0.39 is 0 Å². The van der Waals surface area contributed by atoms with Crippen LogP contribution in [-0.4, -0.2) is 22.2 Å². The van der Waals surface area contributed by atoms with Gasteiger partial charge >= 0.3 is 0 Å². The van der Waals surface area contributed by atoms with Gasteiger partial charge in [-0.1, -0.05) is 0 Å². The zero-order chi connectivity index (χ0) is 11.1. The maximum atomic E-state index is 9.22. The molecule has 0 aliphatic heterocycles. The summed E-state index contributed by atoms with van der Waals surface area (Å²) in [4.78, 5) is 4.25. The molecule has 1 saturated carbocycles. The standard InChI is InChI=1S/C11H13N3OS/c12-10-8(14-6-3-7(15)4-6)1-2-9-11(10)13-5-16-9/h1-2,5-7,14-15H,3-4,12H2. The van der Waals surface area contributed by atoms with Crippen molar-refractivity contribution in [1.29, 1.82) is 0 Å². The summed E-state index contributed by atoms with van der Waals surface area (Å²) < 4.78 is 1.11. The Balaban J connectivity index is 1.88. The molecule has 0 atom stereocenters. The molecule has 3 rings (SSSR count). The maximum absolute atomic E-state index is 9.22. The Bertz CT molecular complexity index is 519. The molecule has 0 bridgehead atoms. The fraction of sp³-hybridized carbons (Fsp3) is 0.364. The van der Waals surface area contributed by atoms with Crippen LogP contribution in [0.5, 0.6) is 0 Å². The van der Waals surface area contributed by atoms with E-state index in [2.05, 4.69) is 10.3 Å². The number of aromatic nitrogens is 1. The molecule has 4 N–H and O–H groups in total. The van der Waals surface area contributed by atoms with Crippen LogP contribution < -0.4 is 11.1 Å². The Morgan fingerprint density at radius 1 is 1.44 bits per heavy atom. The van der Waals surface area contributed by atoms with Gasteiger partial charge in [-0.15, -0.1) is 11.3 Å². The summed E-state index contributed by atoms with van der Waals surface area (Å²) in [6.45, 7) is 0. The fourth-order valence-electron chi connectivity index (χ4n) is 2.00. The fourth-order valence-corrected chi connectivity index (χ4v) is 2.70. The summed E-state index contributed by atoms with van der Waals surface area (Å²) in [5.74, 6) is 0. The van der Waals surface area contributed by atoms with Crippen LogP contribution in [0.15, 0.2) is 17.6 Å². The molecular formula is C11H13N3OS. The van der Waals surface area contributed by atoms with Crippen molar-refractivity contribution in [2.45, 2.75) is 25.0 Å². The van der Waals surface area contributed by atoms with Crippen LogP contribution in [0.4, 0.5) is 11.4 Å². The number of thiazole rings is 1. The Morgan fingerprint density at radius 2 is 2.25 bits per heavy atom. The van der Waals surface area contributed by atoms with Crippen molar-refractivity contribution in [1.82, 2.24) is 4.98 Å². The smallest absolute Gasteiger partial charge is 0.106 e. The highest BCUT2D eigenvalue weighted by atomic mass is 32.1. The van der Waals surface area contributed by atoms with E-state index in [-0.39, 0.29) is 6.10 Å². The lowest BCUT2D eigenvalue weighted by atomic mass is 9.89. The highest BCUT2D eigenvalue weighted by molar-refractivity contribution is 7.16. The average molecular weight is 235 g/mol. The van der Waals surface area contributed by atoms with E-state index in [1.54, 1.807) is 16.8 Å². The average Bonchev–Trinajstić information content (AvgIpc) is 2.68. The lowest BCUT2D eigenvalue weighted by Gasteiger charge is -2.33. The molecule has 0 unspecified atom stereocenters. The number of aliphatic hydroxyl groups is 1. The molecule has 1 fully saturated rings. The van der Waals surface area contributed by atoms with Gasteiger partial charge in [0.15, 0.2) is 0 Å². The van der Waals surface area contributed by atoms with Crippen molar-refractivity contribution < 1.29 is 5.11 Å². The first kappa shape index (κ1) is 9.86. The third-order valence-corrected chi connectivity index (χ3v) is 3.81. The van der Waals surface area contributed by atoms with Crippen LogP contribution in [0.2, 0.25) is 0 Å². The molecule has 0 saturated heterocycles. The minimum Gasteiger partial charge on any atom is -0.395 e. The second-order valence-corrected chi connectivity index (χ2v) is 5.08.